The van der Waals surface area contributed by atoms with Crippen LogP contribution in [0.5, 0.6) is 0 Å². The summed E-state index contributed by atoms with van der Waals surface area (Å²) >= 11 is 0. The van der Waals surface area contributed by atoms with Crippen molar-refractivity contribution in [3.05, 3.63) is 47.8 Å². The maximum absolute atomic E-state index is 14.2. The summed E-state index contributed by atoms with van der Waals surface area (Å²) in [6.45, 7) is 3.01. The molecule has 0 aliphatic heterocycles. The van der Waals surface area contributed by atoms with Gasteiger partial charge in [-0.15, -0.1) is 0 Å². The molecular weight excluding hydrogens is 437 g/mol. The smallest absolute Gasteiger partial charge is 0.255 e. The van der Waals surface area contributed by atoms with Crippen LogP contribution in [0.4, 0.5) is 10.1 Å². The van der Waals surface area contributed by atoms with Crippen molar-refractivity contribution in [2.24, 2.45) is 11.7 Å². The van der Waals surface area contributed by atoms with Gasteiger partial charge in [-0.3, -0.25) is 9.78 Å². The number of hydrogen-bond acceptors (Lipinski definition) is 7. The third kappa shape index (κ3) is 4.85. The first-order valence-electron chi connectivity index (χ1n) is 11.2. The molecule has 3 aromatic rings. The molecule has 1 amide bonds. The Kier molecular flexibility index (Phi) is 6.50. The summed E-state index contributed by atoms with van der Waals surface area (Å²) in [5.74, 6) is -0.0387. The van der Waals surface area contributed by atoms with Gasteiger partial charge in [0.1, 0.15) is 12.2 Å². The van der Waals surface area contributed by atoms with E-state index in [-0.39, 0.29) is 18.2 Å². The van der Waals surface area contributed by atoms with E-state index in [9.17, 15) is 14.3 Å². The summed E-state index contributed by atoms with van der Waals surface area (Å²) in [4.78, 5) is 17.3. The zero-order valence-electron chi connectivity index (χ0n) is 19.1. The summed E-state index contributed by atoms with van der Waals surface area (Å²) in [6, 6.07) is 9.43. The maximum Gasteiger partial charge on any atom is 0.255 e. The van der Waals surface area contributed by atoms with Crippen LogP contribution in [0, 0.1) is 17.2 Å². The number of halogens is 1. The molecule has 5 N–H and O–H groups in total. The lowest BCUT2D eigenvalue weighted by Gasteiger charge is -2.36. The van der Waals surface area contributed by atoms with Crippen molar-refractivity contribution < 1.29 is 14.3 Å². The average Bonchev–Trinajstić information content (AvgIpc) is 3.21. The Hall–Kier alpha value is -3.55. The van der Waals surface area contributed by atoms with Gasteiger partial charge in [-0.2, -0.15) is 10.4 Å². The largest absolute Gasteiger partial charge is 0.387 e. The van der Waals surface area contributed by atoms with Gasteiger partial charge in [0.25, 0.3) is 5.91 Å². The van der Waals surface area contributed by atoms with Crippen molar-refractivity contribution >= 4 is 17.1 Å². The van der Waals surface area contributed by atoms with E-state index in [2.05, 4.69) is 26.8 Å². The molecule has 9 nitrogen and oxygen atoms in total. The van der Waals surface area contributed by atoms with Crippen LogP contribution in [0.25, 0.3) is 16.9 Å². The van der Waals surface area contributed by atoms with E-state index in [1.165, 1.54) is 26.2 Å². The fourth-order valence-electron chi connectivity index (χ4n) is 3.94. The number of aliphatic hydroxyl groups is 1. The number of rotatable bonds is 8. The van der Waals surface area contributed by atoms with Crippen LogP contribution in [-0.2, 0) is 0 Å². The van der Waals surface area contributed by atoms with Crippen molar-refractivity contribution in [2.75, 3.05) is 18.4 Å². The van der Waals surface area contributed by atoms with Gasteiger partial charge < -0.3 is 21.5 Å². The molecule has 0 aromatic carbocycles. The molecule has 0 radical (unpaired) electrons. The highest BCUT2D eigenvalue weighted by atomic mass is 19.1. The number of nitrogens with zero attached hydrogens (tertiary/aromatic N) is 4. The summed E-state index contributed by atoms with van der Waals surface area (Å²) < 4.78 is 15.8. The number of nitrogens with one attached hydrogen (secondary N) is 2. The van der Waals surface area contributed by atoms with Gasteiger partial charge in [-0.05, 0) is 63.4 Å². The van der Waals surface area contributed by atoms with E-state index < -0.39 is 17.7 Å². The lowest BCUT2D eigenvalue weighted by molar-refractivity contribution is -0.00177. The number of pyridine rings is 1. The minimum absolute atomic E-state index is 0.168. The molecule has 1 atom stereocenters. The SMILES string of the molecule is CC(C)(O)[C@H](F)CNC(=O)c1cnc(-c2ccc3cc(C#N)cnn23)cc1NC1CC(CN)C1. The van der Waals surface area contributed by atoms with Crippen molar-refractivity contribution in [2.45, 2.75) is 44.5 Å². The molecule has 0 unspecified atom stereocenters. The Morgan fingerprint density at radius 2 is 2.15 bits per heavy atom. The Bertz CT molecular complexity index is 1240. The maximum atomic E-state index is 14.2. The van der Waals surface area contributed by atoms with Crippen LogP contribution in [0.15, 0.2) is 36.7 Å². The van der Waals surface area contributed by atoms with Crippen LogP contribution in [-0.4, -0.2) is 56.5 Å². The summed E-state index contributed by atoms with van der Waals surface area (Å²) in [5, 5.41) is 29.2. The molecule has 0 spiro atoms. The zero-order chi connectivity index (χ0) is 24.5. The first-order valence-corrected chi connectivity index (χ1v) is 11.2. The highest BCUT2D eigenvalue weighted by Gasteiger charge is 2.30. The van der Waals surface area contributed by atoms with Gasteiger partial charge >= 0.3 is 0 Å². The third-order valence-corrected chi connectivity index (χ3v) is 6.18. The predicted octanol–water partition coefficient (Wildman–Crippen LogP) is 2.26. The molecule has 4 rings (SSSR count). The highest BCUT2D eigenvalue weighted by molar-refractivity contribution is 6.00. The third-order valence-electron chi connectivity index (χ3n) is 6.18. The van der Waals surface area contributed by atoms with Gasteiger partial charge in [0.05, 0.1) is 52.1 Å². The second-order valence-electron chi connectivity index (χ2n) is 9.27. The van der Waals surface area contributed by atoms with Crippen LogP contribution >= 0.6 is 0 Å². The number of anilines is 1. The molecule has 1 aliphatic carbocycles. The Morgan fingerprint density at radius 1 is 1.38 bits per heavy atom. The summed E-state index contributed by atoms with van der Waals surface area (Å²) in [7, 11) is 0. The van der Waals surface area contributed by atoms with E-state index in [4.69, 9.17) is 11.0 Å². The molecule has 1 saturated carbocycles. The van der Waals surface area contributed by atoms with E-state index in [1.807, 2.05) is 12.1 Å². The lowest BCUT2D eigenvalue weighted by atomic mass is 9.80. The molecule has 178 valence electrons. The van der Waals surface area contributed by atoms with Crippen molar-refractivity contribution in [3.8, 4) is 17.5 Å². The van der Waals surface area contributed by atoms with Gasteiger partial charge in [0, 0.05) is 12.2 Å². The molecule has 1 fully saturated rings. The summed E-state index contributed by atoms with van der Waals surface area (Å²) in [5.41, 5.74) is 7.53. The first kappa shape index (κ1) is 23.6. The van der Waals surface area contributed by atoms with E-state index >= 15 is 0 Å². The number of hydrogen-bond donors (Lipinski definition) is 4. The van der Waals surface area contributed by atoms with Gasteiger partial charge in [-0.25, -0.2) is 8.91 Å². The molecule has 1 aliphatic rings. The average molecular weight is 466 g/mol. The number of carbonyl (C=O) groups excluding carboxylic acids is 1. The minimum Gasteiger partial charge on any atom is -0.387 e. The molecule has 0 saturated heterocycles. The number of carbonyl (C=O) groups is 1. The highest BCUT2D eigenvalue weighted by Crippen LogP contribution is 2.32. The molecule has 3 aromatic heterocycles. The van der Waals surface area contributed by atoms with E-state index in [0.717, 1.165) is 18.4 Å². The van der Waals surface area contributed by atoms with Gasteiger partial charge in [0.2, 0.25) is 0 Å². The van der Waals surface area contributed by atoms with E-state index in [0.29, 0.717) is 35.1 Å². The fraction of sp³-hybridized carbons (Fsp3) is 0.417. The number of nitriles is 1. The van der Waals surface area contributed by atoms with Crippen molar-refractivity contribution in [3.63, 3.8) is 0 Å². The molecule has 10 heteroatoms. The first-order chi connectivity index (χ1) is 16.2. The van der Waals surface area contributed by atoms with Crippen LogP contribution in [0.2, 0.25) is 0 Å². The Balaban J connectivity index is 1.63. The van der Waals surface area contributed by atoms with Crippen LogP contribution in [0.3, 0.4) is 0 Å². The zero-order valence-corrected chi connectivity index (χ0v) is 19.1. The topological polar surface area (TPSA) is 141 Å². The Morgan fingerprint density at radius 3 is 2.82 bits per heavy atom. The molecular formula is C24H28FN7O2. The predicted molar refractivity (Wildman–Crippen MR) is 126 cm³/mol. The molecule has 0 bridgehead atoms. The van der Waals surface area contributed by atoms with Gasteiger partial charge in [0.15, 0.2) is 0 Å². The van der Waals surface area contributed by atoms with Crippen LogP contribution in [0.1, 0.15) is 42.6 Å². The lowest BCUT2D eigenvalue weighted by Crippen LogP contribution is -2.42. The number of aromatic nitrogens is 3. The van der Waals surface area contributed by atoms with Gasteiger partial charge in [-0.1, -0.05) is 0 Å². The number of fused-ring (bicyclic) bond motifs is 1. The number of amides is 1. The van der Waals surface area contributed by atoms with E-state index in [1.54, 1.807) is 16.6 Å². The fourth-order valence-corrected chi connectivity index (χ4v) is 3.94. The minimum atomic E-state index is -1.62. The van der Waals surface area contributed by atoms with Crippen molar-refractivity contribution in [1.29, 1.82) is 5.26 Å². The molecule has 3 heterocycles. The second kappa shape index (κ2) is 9.37. The monoisotopic (exact) mass is 465 g/mol. The van der Waals surface area contributed by atoms with Crippen molar-refractivity contribution in [1.82, 2.24) is 19.9 Å². The standard InChI is InChI=1S/C24H28FN7O2/c1-24(2,34)22(25)13-29-23(33)18-12-28-20(8-19(18)31-16-5-14(6-16)9-26)21-4-3-17-7-15(10-27)11-30-32(17)21/h3-4,7-8,11-12,14,16,22,34H,5-6,9,13,26H2,1-2H3,(H,28,31)(H,29,33)/t14?,16?,22-/m1/s1. The summed E-state index contributed by atoms with van der Waals surface area (Å²) in [6.07, 6.45) is 3.11. The number of nitrogens with two attached hydrogens (primary N) is 1. The second-order valence-corrected chi connectivity index (χ2v) is 9.27. The normalized spacial score (nSPS) is 18.7. The Labute approximate surface area is 196 Å². The number of alkyl halides is 1. The van der Waals surface area contributed by atoms with Crippen LogP contribution < -0.4 is 16.4 Å². The molecule has 34 heavy (non-hydrogen) atoms. The quantitative estimate of drug-likeness (QED) is 0.400.